The summed E-state index contributed by atoms with van der Waals surface area (Å²) in [4.78, 5) is 25.9. The second-order valence-corrected chi connectivity index (χ2v) is 8.16. The predicted octanol–water partition coefficient (Wildman–Crippen LogP) is 4.64. The van der Waals surface area contributed by atoms with Gasteiger partial charge in [0.2, 0.25) is 0 Å². The molecule has 1 atom stereocenters. The first-order chi connectivity index (χ1) is 13.6. The van der Waals surface area contributed by atoms with Gasteiger partial charge in [-0.05, 0) is 50.8 Å². The number of amides is 1. The summed E-state index contributed by atoms with van der Waals surface area (Å²) in [5.74, 6) is 1.52. The molecule has 1 amide bonds. The molecule has 6 nitrogen and oxygen atoms in total. The number of carbonyl (C=O) groups is 1. The van der Waals surface area contributed by atoms with Crippen LogP contribution >= 0.6 is 11.3 Å². The molecule has 1 aliphatic rings. The van der Waals surface area contributed by atoms with Crippen LogP contribution in [0.5, 0.6) is 5.75 Å². The highest BCUT2D eigenvalue weighted by molar-refractivity contribution is 7.20. The molecule has 0 unspecified atom stereocenters. The van der Waals surface area contributed by atoms with Crippen LogP contribution in [-0.2, 0) is 0 Å². The van der Waals surface area contributed by atoms with Crippen molar-refractivity contribution in [3.05, 3.63) is 41.0 Å². The largest absolute Gasteiger partial charge is 0.497 e. The molecule has 1 fully saturated rings. The van der Waals surface area contributed by atoms with Crippen molar-refractivity contribution in [3.63, 3.8) is 0 Å². The van der Waals surface area contributed by atoms with E-state index in [0.29, 0.717) is 22.4 Å². The molecule has 0 radical (unpaired) electrons. The van der Waals surface area contributed by atoms with E-state index in [1.807, 2.05) is 25.1 Å². The zero-order chi connectivity index (χ0) is 19.7. The topological polar surface area (TPSA) is 67.3 Å². The summed E-state index contributed by atoms with van der Waals surface area (Å²) in [7, 11) is 1.61. The summed E-state index contributed by atoms with van der Waals surface area (Å²) < 4.78 is 5.23. The van der Waals surface area contributed by atoms with E-state index in [0.717, 1.165) is 34.6 Å². The Hall–Kier alpha value is -2.67. The minimum Gasteiger partial charge on any atom is -0.497 e. The SMILES string of the molecule is COc1cccc(NC(=O)c2sc3ncnc(N4CCCC[C@@H]4C)c3c2C)c1. The molecule has 2 aromatic heterocycles. The number of aromatic nitrogens is 2. The van der Waals surface area contributed by atoms with Crippen LogP contribution in [0.15, 0.2) is 30.6 Å². The van der Waals surface area contributed by atoms with Crippen LogP contribution in [0.1, 0.15) is 41.4 Å². The van der Waals surface area contributed by atoms with Gasteiger partial charge in [-0.1, -0.05) is 6.07 Å². The number of aryl methyl sites for hydroxylation is 1. The molecular formula is C21H24N4O2S. The average molecular weight is 397 g/mol. The number of nitrogens with one attached hydrogen (secondary N) is 1. The highest BCUT2D eigenvalue weighted by Gasteiger charge is 2.25. The van der Waals surface area contributed by atoms with Gasteiger partial charge < -0.3 is 15.0 Å². The van der Waals surface area contributed by atoms with Gasteiger partial charge in [0, 0.05) is 24.3 Å². The van der Waals surface area contributed by atoms with Gasteiger partial charge in [0.05, 0.1) is 17.4 Å². The first-order valence-electron chi connectivity index (χ1n) is 9.54. The average Bonchev–Trinajstić information content (AvgIpc) is 3.05. The smallest absolute Gasteiger partial charge is 0.266 e. The maximum Gasteiger partial charge on any atom is 0.266 e. The molecule has 0 bridgehead atoms. The Morgan fingerprint density at radius 2 is 2.18 bits per heavy atom. The van der Waals surface area contributed by atoms with E-state index in [2.05, 4.69) is 27.1 Å². The van der Waals surface area contributed by atoms with E-state index in [-0.39, 0.29) is 5.91 Å². The zero-order valence-corrected chi connectivity index (χ0v) is 17.2. The first-order valence-corrected chi connectivity index (χ1v) is 10.4. The Balaban J connectivity index is 1.69. The highest BCUT2D eigenvalue weighted by atomic mass is 32.1. The number of piperidine rings is 1. The number of fused-ring (bicyclic) bond motifs is 1. The van der Waals surface area contributed by atoms with Gasteiger partial charge in [-0.25, -0.2) is 9.97 Å². The van der Waals surface area contributed by atoms with Crippen LogP contribution in [0.4, 0.5) is 11.5 Å². The molecule has 7 heteroatoms. The molecule has 1 aliphatic heterocycles. The second kappa shape index (κ2) is 7.75. The first kappa shape index (κ1) is 18.7. The molecular weight excluding hydrogens is 372 g/mol. The molecule has 146 valence electrons. The molecule has 0 aliphatic carbocycles. The third-order valence-corrected chi connectivity index (χ3v) is 6.51. The minimum atomic E-state index is -0.133. The van der Waals surface area contributed by atoms with Gasteiger partial charge in [-0.15, -0.1) is 11.3 Å². The lowest BCUT2D eigenvalue weighted by Crippen LogP contribution is -2.38. The van der Waals surface area contributed by atoms with Crippen LogP contribution in [0, 0.1) is 6.92 Å². The van der Waals surface area contributed by atoms with Gasteiger partial charge in [-0.3, -0.25) is 4.79 Å². The van der Waals surface area contributed by atoms with Crippen LogP contribution in [0.3, 0.4) is 0 Å². The molecule has 0 spiro atoms. The molecule has 3 heterocycles. The second-order valence-electron chi connectivity index (χ2n) is 7.16. The van der Waals surface area contributed by atoms with Crippen LogP contribution in [-0.4, -0.2) is 35.6 Å². The van der Waals surface area contributed by atoms with Gasteiger partial charge in [0.15, 0.2) is 0 Å². The summed E-state index contributed by atoms with van der Waals surface area (Å²) >= 11 is 1.42. The van der Waals surface area contributed by atoms with Gasteiger partial charge in [-0.2, -0.15) is 0 Å². The van der Waals surface area contributed by atoms with Crippen molar-refractivity contribution in [3.8, 4) is 5.75 Å². The lowest BCUT2D eigenvalue weighted by Gasteiger charge is -2.34. The summed E-state index contributed by atoms with van der Waals surface area (Å²) in [6.45, 7) is 5.22. The van der Waals surface area contributed by atoms with E-state index in [4.69, 9.17) is 4.74 Å². The van der Waals surface area contributed by atoms with Crippen molar-refractivity contribution >= 4 is 39.0 Å². The number of carbonyl (C=O) groups excluding carboxylic acids is 1. The fourth-order valence-corrected chi connectivity index (χ4v) is 4.83. The predicted molar refractivity (Wildman–Crippen MR) is 114 cm³/mol. The lowest BCUT2D eigenvalue weighted by atomic mass is 10.0. The number of thiophene rings is 1. The van der Waals surface area contributed by atoms with Gasteiger partial charge >= 0.3 is 0 Å². The van der Waals surface area contributed by atoms with Crippen molar-refractivity contribution in [2.75, 3.05) is 23.9 Å². The van der Waals surface area contributed by atoms with E-state index in [1.165, 1.54) is 24.2 Å². The van der Waals surface area contributed by atoms with Crippen LogP contribution in [0.25, 0.3) is 10.2 Å². The minimum absolute atomic E-state index is 0.133. The number of benzene rings is 1. The summed E-state index contributed by atoms with van der Waals surface area (Å²) in [6, 6.07) is 7.81. The summed E-state index contributed by atoms with van der Waals surface area (Å²) in [5.41, 5.74) is 1.64. The number of rotatable bonds is 4. The van der Waals surface area contributed by atoms with E-state index >= 15 is 0 Å². The van der Waals surface area contributed by atoms with Crippen molar-refractivity contribution in [1.29, 1.82) is 0 Å². The molecule has 4 rings (SSSR count). The molecule has 0 saturated carbocycles. The Morgan fingerprint density at radius 1 is 1.32 bits per heavy atom. The number of anilines is 2. The van der Waals surface area contributed by atoms with Crippen molar-refractivity contribution in [1.82, 2.24) is 9.97 Å². The Labute approximate surface area is 168 Å². The Kier molecular flexibility index (Phi) is 5.17. The quantitative estimate of drug-likeness (QED) is 0.696. The number of ether oxygens (including phenoxy) is 1. The molecule has 28 heavy (non-hydrogen) atoms. The molecule has 1 N–H and O–H groups in total. The zero-order valence-electron chi connectivity index (χ0n) is 16.4. The van der Waals surface area contributed by atoms with E-state index in [1.54, 1.807) is 19.5 Å². The number of hydrogen-bond donors (Lipinski definition) is 1. The molecule has 3 aromatic rings. The molecule has 1 saturated heterocycles. The summed E-state index contributed by atoms with van der Waals surface area (Å²) in [5, 5.41) is 3.97. The molecule has 1 aromatic carbocycles. The number of methoxy groups -OCH3 is 1. The highest BCUT2D eigenvalue weighted by Crippen LogP contribution is 2.37. The Morgan fingerprint density at radius 3 is 2.96 bits per heavy atom. The normalized spacial score (nSPS) is 17.0. The third kappa shape index (κ3) is 3.42. The maximum absolute atomic E-state index is 13.0. The Bertz CT molecular complexity index is 1020. The number of hydrogen-bond acceptors (Lipinski definition) is 6. The monoisotopic (exact) mass is 396 g/mol. The van der Waals surface area contributed by atoms with Crippen molar-refractivity contribution in [2.24, 2.45) is 0 Å². The van der Waals surface area contributed by atoms with Crippen molar-refractivity contribution in [2.45, 2.75) is 39.2 Å². The number of nitrogens with zero attached hydrogens (tertiary/aromatic N) is 3. The van der Waals surface area contributed by atoms with Crippen molar-refractivity contribution < 1.29 is 9.53 Å². The fourth-order valence-electron chi connectivity index (χ4n) is 3.79. The van der Waals surface area contributed by atoms with Crippen LogP contribution < -0.4 is 15.0 Å². The fraction of sp³-hybridized carbons (Fsp3) is 0.381. The standard InChI is InChI=1S/C21H24N4O2S/c1-13-7-4-5-10-25(13)19-17-14(2)18(28-21(17)23-12-22-19)20(26)24-15-8-6-9-16(11-15)27-3/h6,8-9,11-13H,4-5,7,10H2,1-3H3,(H,24,26)/t13-/m0/s1. The summed E-state index contributed by atoms with van der Waals surface area (Å²) in [6.07, 6.45) is 5.20. The van der Waals surface area contributed by atoms with Gasteiger partial charge in [0.1, 0.15) is 22.7 Å². The third-order valence-electron chi connectivity index (χ3n) is 5.32. The van der Waals surface area contributed by atoms with Crippen LogP contribution in [0.2, 0.25) is 0 Å². The van der Waals surface area contributed by atoms with E-state index < -0.39 is 0 Å². The lowest BCUT2D eigenvalue weighted by molar-refractivity contribution is 0.103. The van der Waals surface area contributed by atoms with E-state index in [9.17, 15) is 4.79 Å². The van der Waals surface area contributed by atoms with Gasteiger partial charge in [0.25, 0.3) is 5.91 Å². The maximum atomic E-state index is 13.0.